The van der Waals surface area contributed by atoms with Crippen molar-refractivity contribution in [1.82, 2.24) is 5.32 Å². The standard InChI is InChI=1S/C15H21F3N2/c1-3-11-6-7-20(10-11)14-5-4-12(9-19-2)8-13(14)15(16,17)18/h4-5,8,11,19H,3,6-7,9-10H2,1-2H3. The Bertz CT molecular complexity index is 457. The van der Waals surface area contributed by atoms with Gasteiger partial charge >= 0.3 is 6.18 Å². The summed E-state index contributed by atoms with van der Waals surface area (Å²) in [6, 6.07) is 4.67. The van der Waals surface area contributed by atoms with Crippen molar-refractivity contribution in [2.75, 3.05) is 25.0 Å². The number of hydrogen-bond acceptors (Lipinski definition) is 2. The van der Waals surface area contributed by atoms with Crippen LogP contribution in [0.3, 0.4) is 0 Å². The average Bonchev–Trinajstić information content (AvgIpc) is 2.87. The molecule has 20 heavy (non-hydrogen) atoms. The number of rotatable bonds is 4. The number of halogens is 3. The predicted octanol–water partition coefficient (Wildman–Crippen LogP) is 3.66. The van der Waals surface area contributed by atoms with E-state index in [2.05, 4.69) is 12.2 Å². The first kappa shape index (κ1) is 15.2. The maximum Gasteiger partial charge on any atom is 0.418 e. The van der Waals surface area contributed by atoms with Crippen LogP contribution in [0.5, 0.6) is 0 Å². The van der Waals surface area contributed by atoms with Gasteiger partial charge in [-0.05, 0) is 37.1 Å². The van der Waals surface area contributed by atoms with E-state index < -0.39 is 11.7 Å². The highest BCUT2D eigenvalue weighted by atomic mass is 19.4. The van der Waals surface area contributed by atoms with Crippen molar-refractivity contribution in [1.29, 1.82) is 0 Å². The first-order valence-electron chi connectivity index (χ1n) is 7.05. The second-order valence-electron chi connectivity index (χ2n) is 5.39. The van der Waals surface area contributed by atoms with Crippen molar-refractivity contribution in [3.8, 4) is 0 Å². The third-order valence-corrected chi connectivity index (χ3v) is 3.95. The van der Waals surface area contributed by atoms with Crippen LogP contribution in [0.2, 0.25) is 0 Å². The fraction of sp³-hybridized carbons (Fsp3) is 0.600. The summed E-state index contributed by atoms with van der Waals surface area (Å²) in [6.45, 7) is 3.98. The van der Waals surface area contributed by atoms with Crippen LogP contribution < -0.4 is 10.2 Å². The molecule has 1 fully saturated rings. The number of nitrogens with zero attached hydrogens (tertiary/aromatic N) is 1. The molecule has 0 aliphatic carbocycles. The number of alkyl halides is 3. The summed E-state index contributed by atoms with van der Waals surface area (Å²) in [6.07, 6.45) is -2.30. The minimum Gasteiger partial charge on any atom is -0.371 e. The van der Waals surface area contributed by atoms with Gasteiger partial charge in [-0.25, -0.2) is 0 Å². The van der Waals surface area contributed by atoms with Crippen molar-refractivity contribution >= 4 is 5.69 Å². The van der Waals surface area contributed by atoms with Crippen LogP contribution in [-0.2, 0) is 12.7 Å². The van der Waals surface area contributed by atoms with E-state index >= 15 is 0 Å². The largest absolute Gasteiger partial charge is 0.418 e. The van der Waals surface area contributed by atoms with E-state index in [0.717, 1.165) is 19.4 Å². The molecule has 1 N–H and O–H groups in total. The summed E-state index contributed by atoms with van der Waals surface area (Å²) in [5.74, 6) is 0.507. The third-order valence-electron chi connectivity index (χ3n) is 3.95. The molecule has 1 aliphatic rings. The molecule has 2 rings (SSSR count). The smallest absolute Gasteiger partial charge is 0.371 e. The van der Waals surface area contributed by atoms with Gasteiger partial charge in [0.2, 0.25) is 0 Å². The lowest BCUT2D eigenvalue weighted by molar-refractivity contribution is -0.137. The van der Waals surface area contributed by atoms with E-state index in [0.29, 0.717) is 30.3 Å². The van der Waals surface area contributed by atoms with Crippen LogP contribution in [0.25, 0.3) is 0 Å². The lowest BCUT2D eigenvalue weighted by Gasteiger charge is -2.24. The first-order valence-corrected chi connectivity index (χ1v) is 7.05. The summed E-state index contributed by atoms with van der Waals surface area (Å²) >= 11 is 0. The first-order chi connectivity index (χ1) is 9.45. The second-order valence-corrected chi connectivity index (χ2v) is 5.39. The zero-order chi connectivity index (χ0) is 14.8. The Morgan fingerprint density at radius 2 is 2.10 bits per heavy atom. The van der Waals surface area contributed by atoms with Crippen LogP contribution >= 0.6 is 0 Å². The van der Waals surface area contributed by atoms with Gasteiger partial charge in [-0.2, -0.15) is 13.2 Å². The van der Waals surface area contributed by atoms with Gasteiger partial charge in [-0.15, -0.1) is 0 Å². The number of nitrogens with one attached hydrogen (secondary N) is 1. The lowest BCUT2D eigenvalue weighted by Crippen LogP contribution is -2.23. The van der Waals surface area contributed by atoms with E-state index in [9.17, 15) is 13.2 Å². The summed E-state index contributed by atoms with van der Waals surface area (Å²) in [7, 11) is 1.73. The molecule has 0 aromatic heterocycles. The molecule has 0 radical (unpaired) electrons. The molecule has 112 valence electrons. The molecule has 1 heterocycles. The van der Waals surface area contributed by atoms with Crippen molar-refractivity contribution in [2.45, 2.75) is 32.5 Å². The van der Waals surface area contributed by atoms with Crippen LogP contribution in [0.4, 0.5) is 18.9 Å². The molecule has 1 aliphatic heterocycles. The number of benzene rings is 1. The van der Waals surface area contributed by atoms with E-state index in [-0.39, 0.29) is 0 Å². The number of hydrogen-bond donors (Lipinski definition) is 1. The second kappa shape index (κ2) is 6.04. The highest BCUT2D eigenvalue weighted by Gasteiger charge is 2.36. The molecule has 1 aromatic carbocycles. The zero-order valence-electron chi connectivity index (χ0n) is 11.9. The molecule has 0 bridgehead atoms. The van der Waals surface area contributed by atoms with E-state index in [1.807, 2.05) is 4.90 Å². The SMILES string of the molecule is CCC1CCN(c2ccc(CNC)cc2C(F)(F)F)C1. The van der Waals surface area contributed by atoms with Crippen molar-refractivity contribution in [3.63, 3.8) is 0 Å². The van der Waals surface area contributed by atoms with Gasteiger partial charge in [0.15, 0.2) is 0 Å². The Balaban J connectivity index is 2.32. The van der Waals surface area contributed by atoms with Crippen LogP contribution in [0, 0.1) is 5.92 Å². The fourth-order valence-corrected chi connectivity index (χ4v) is 2.78. The molecule has 0 amide bonds. The van der Waals surface area contributed by atoms with Gasteiger partial charge in [0.05, 0.1) is 5.56 Å². The molecule has 1 atom stereocenters. The van der Waals surface area contributed by atoms with Crippen LogP contribution in [-0.4, -0.2) is 20.1 Å². The Labute approximate surface area is 118 Å². The summed E-state index contributed by atoms with van der Waals surface area (Å²) in [5.41, 5.74) is 0.477. The highest BCUT2D eigenvalue weighted by Crippen LogP contribution is 2.39. The lowest BCUT2D eigenvalue weighted by atomic mass is 10.1. The molecule has 1 aromatic rings. The van der Waals surface area contributed by atoms with Gasteiger partial charge in [0.1, 0.15) is 0 Å². The maximum absolute atomic E-state index is 13.3. The number of anilines is 1. The van der Waals surface area contributed by atoms with Crippen molar-refractivity contribution in [2.24, 2.45) is 5.92 Å². The van der Waals surface area contributed by atoms with Gasteiger partial charge in [0.25, 0.3) is 0 Å². The van der Waals surface area contributed by atoms with E-state index in [1.165, 1.54) is 6.07 Å². The summed E-state index contributed by atoms with van der Waals surface area (Å²) in [4.78, 5) is 1.88. The molecule has 1 unspecified atom stereocenters. The Kier molecular flexibility index (Phi) is 4.58. The maximum atomic E-state index is 13.3. The topological polar surface area (TPSA) is 15.3 Å². The molecule has 0 spiro atoms. The summed E-state index contributed by atoms with van der Waals surface area (Å²) < 4.78 is 39.8. The van der Waals surface area contributed by atoms with Crippen LogP contribution in [0.1, 0.15) is 30.9 Å². The Morgan fingerprint density at radius 1 is 1.35 bits per heavy atom. The molecular formula is C15H21F3N2. The predicted molar refractivity (Wildman–Crippen MR) is 74.8 cm³/mol. The molecule has 1 saturated heterocycles. The normalized spacial score (nSPS) is 19.6. The van der Waals surface area contributed by atoms with Crippen LogP contribution in [0.15, 0.2) is 18.2 Å². The highest BCUT2D eigenvalue weighted by molar-refractivity contribution is 5.57. The Morgan fingerprint density at radius 3 is 2.65 bits per heavy atom. The van der Waals surface area contributed by atoms with E-state index in [1.54, 1.807) is 19.2 Å². The van der Waals surface area contributed by atoms with Gasteiger partial charge in [-0.3, -0.25) is 0 Å². The average molecular weight is 286 g/mol. The minimum atomic E-state index is -4.30. The molecule has 0 saturated carbocycles. The molecule has 5 heteroatoms. The third kappa shape index (κ3) is 3.26. The molecule has 2 nitrogen and oxygen atoms in total. The van der Waals surface area contributed by atoms with E-state index in [4.69, 9.17) is 0 Å². The van der Waals surface area contributed by atoms with Gasteiger partial charge in [-0.1, -0.05) is 19.4 Å². The zero-order valence-corrected chi connectivity index (χ0v) is 11.9. The van der Waals surface area contributed by atoms with Gasteiger partial charge in [0, 0.05) is 25.3 Å². The Hall–Kier alpha value is -1.23. The van der Waals surface area contributed by atoms with Gasteiger partial charge < -0.3 is 10.2 Å². The quantitative estimate of drug-likeness (QED) is 0.908. The van der Waals surface area contributed by atoms with Crippen molar-refractivity contribution in [3.05, 3.63) is 29.3 Å². The minimum absolute atomic E-state index is 0.327. The monoisotopic (exact) mass is 286 g/mol. The fourth-order valence-electron chi connectivity index (χ4n) is 2.78. The van der Waals surface area contributed by atoms with Crippen molar-refractivity contribution < 1.29 is 13.2 Å². The summed E-state index contributed by atoms with van der Waals surface area (Å²) in [5, 5.41) is 2.89. The molecular weight excluding hydrogens is 265 g/mol.